The van der Waals surface area contributed by atoms with Gasteiger partial charge >= 0.3 is 0 Å². The molecular weight excluding hydrogens is 317 g/mol. The van der Waals surface area contributed by atoms with Crippen molar-refractivity contribution in [2.45, 2.75) is 25.7 Å². The maximum absolute atomic E-state index is 13.5. The Kier molecular flexibility index (Phi) is 5.26. The molecule has 0 aromatic heterocycles. The van der Waals surface area contributed by atoms with Crippen LogP contribution in [-0.2, 0) is 10.0 Å². The Bertz CT molecular complexity index is 771. The first-order valence-corrected chi connectivity index (χ1v) is 8.78. The van der Waals surface area contributed by atoms with Gasteiger partial charge in [0.25, 0.3) is 10.0 Å². The molecule has 2 aromatic rings. The monoisotopic (exact) mass is 337 g/mol. The first-order chi connectivity index (χ1) is 10.8. The molecule has 0 spiro atoms. The van der Waals surface area contributed by atoms with Crippen LogP contribution >= 0.6 is 0 Å². The summed E-state index contributed by atoms with van der Waals surface area (Å²) in [4.78, 5) is 0.113. The largest absolute Gasteiger partial charge is 0.491 e. The van der Waals surface area contributed by atoms with Crippen LogP contribution in [0.3, 0.4) is 0 Å². The van der Waals surface area contributed by atoms with Crippen molar-refractivity contribution < 1.29 is 17.5 Å². The molecule has 2 aromatic carbocycles. The van der Waals surface area contributed by atoms with E-state index in [0.29, 0.717) is 12.4 Å². The van der Waals surface area contributed by atoms with E-state index in [9.17, 15) is 12.8 Å². The van der Waals surface area contributed by atoms with E-state index in [1.54, 1.807) is 12.1 Å². The van der Waals surface area contributed by atoms with Crippen molar-refractivity contribution in [3.8, 4) is 5.75 Å². The predicted octanol–water partition coefficient (Wildman–Crippen LogP) is 3.97. The van der Waals surface area contributed by atoms with E-state index < -0.39 is 15.8 Å². The van der Waals surface area contributed by atoms with Crippen molar-refractivity contribution in [1.29, 1.82) is 0 Å². The van der Waals surface area contributed by atoms with Crippen LogP contribution in [0.15, 0.2) is 47.4 Å². The Morgan fingerprint density at radius 2 is 1.78 bits per heavy atom. The number of ether oxygens (including phenoxy) is 1. The second-order valence-electron chi connectivity index (χ2n) is 5.76. The van der Waals surface area contributed by atoms with Gasteiger partial charge in [0.2, 0.25) is 0 Å². The first kappa shape index (κ1) is 17.3. The summed E-state index contributed by atoms with van der Waals surface area (Å²) in [5, 5.41) is 0. The Hall–Kier alpha value is -2.08. The Morgan fingerprint density at radius 3 is 2.39 bits per heavy atom. The van der Waals surface area contributed by atoms with E-state index in [4.69, 9.17) is 4.74 Å². The molecule has 0 saturated heterocycles. The van der Waals surface area contributed by atoms with Gasteiger partial charge in [-0.25, -0.2) is 12.8 Å². The topological polar surface area (TPSA) is 55.4 Å². The molecule has 0 unspecified atom stereocenters. The molecule has 0 amide bonds. The van der Waals surface area contributed by atoms with Crippen molar-refractivity contribution in [2.75, 3.05) is 11.3 Å². The van der Waals surface area contributed by atoms with E-state index >= 15 is 0 Å². The molecule has 0 fully saturated rings. The fraction of sp³-hybridized carbons (Fsp3) is 0.294. The van der Waals surface area contributed by atoms with Gasteiger partial charge in [-0.2, -0.15) is 0 Å². The Labute approximate surface area is 136 Å². The smallest absolute Gasteiger partial charge is 0.262 e. The second-order valence-corrected chi connectivity index (χ2v) is 7.45. The molecule has 0 aliphatic rings. The summed E-state index contributed by atoms with van der Waals surface area (Å²) in [6.07, 6.45) is 0. The van der Waals surface area contributed by atoms with Crippen molar-refractivity contribution in [1.82, 2.24) is 0 Å². The number of nitrogens with one attached hydrogen (secondary N) is 1. The van der Waals surface area contributed by atoms with Gasteiger partial charge in [-0.1, -0.05) is 31.5 Å². The van der Waals surface area contributed by atoms with Crippen molar-refractivity contribution in [3.05, 3.63) is 53.8 Å². The molecule has 4 nitrogen and oxygen atoms in total. The lowest BCUT2D eigenvalue weighted by Gasteiger charge is -2.15. The van der Waals surface area contributed by atoms with Crippen molar-refractivity contribution in [3.63, 3.8) is 0 Å². The average molecular weight is 337 g/mol. The number of benzene rings is 2. The number of hydrogen-bond acceptors (Lipinski definition) is 3. The van der Waals surface area contributed by atoms with E-state index in [-0.39, 0.29) is 16.5 Å². The van der Waals surface area contributed by atoms with Gasteiger partial charge in [0, 0.05) is 6.07 Å². The summed E-state index contributed by atoms with van der Waals surface area (Å²) in [6, 6.07) is 10.2. The summed E-state index contributed by atoms with van der Waals surface area (Å²) in [5.41, 5.74) is 1.04. The molecule has 2 rings (SSSR count). The summed E-state index contributed by atoms with van der Waals surface area (Å²) >= 11 is 0. The molecule has 0 heterocycles. The van der Waals surface area contributed by atoms with Gasteiger partial charge < -0.3 is 4.74 Å². The predicted molar refractivity (Wildman–Crippen MR) is 88.7 cm³/mol. The third-order valence-corrected chi connectivity index (χ3v) is 4.47. The van der Waals surface area contributed by atoms with E-state index in [0.717, 1.165) is 11.6 Å². The van der Waals surface area contributed by atoms with Gasteiger partial charge in [-0.05, 0) is 37.1 Å². The van der Waals surface area contributed by atoms with E-state index in [1.807, 2.05) is 20.8 Å². The molecule has 1 N–H and O–H groups in total. The average Bonchev–Trinajstić information content (AvgIpc) is 2.46. The standard InChI is InChI=1S/C17H20FNO3S/c1-12(2)11-22-17-9-6-14(18)10-16(17)19-23(20,21)15-7-4-13(3)5-8-15/h4-10,12,19H,11H2,1-3H3. The minimum Gasteiger partial charge on any atom is -0.491 e. The SMILES string of the molecule is Cc1ccc(S(=O)(=O)Nc2cc(F)ccc2OCC(C)C)cc1. The number of rotatable bonds is 6. The fourth-order valence-corrected chi connectivity index (χ4v) is 2.95. The molecule has 0 radical (unpaired) electrons. The van der Waals surface area contributed by atoms with Crippen molar-refractivity contribution in [2.24, 2.45) is 5.92 Å². The molecule has 124 valence electrons. The number of aryl methyl sites for hydroxylation is 1. The van der Waals surface area contributed by atoms with Crippen LogP contribution < -0.4 is 9.46 Å². The van der Waals surface area contributed by atoms with Crippen LogP contribution in [0.2, 0.25) is 0 Å². The Balaban J connectivity index is 2.30. The second kappa shape index (κ2) is 7.00. The summed E-state index contributed by atoms with van der Waals surface area (Å²) in [6.45, 7) is 6.22. The van der Waals surface area contributed by atoms with E-state index in [1.165, 1.54) is 24.3 Å². The molecular formula is C17H20FNO3S. The van der Waals surface area contributed by atoms with Crippen LogP contribution in [0, 0.1) is 18.7 Å². The Morgan fingerprint density at radius 1 is 1.13 bits per heavy atom. The lowest BCUT2D eigenvalue weighted by atomic mass is 10.2. The molecule has 0 bridgehead atoms. The lowest BCUT2D eigenvalue weighted by molar-refractivity contribution is 0.272. The third kappa shape index (κ3) is 4.69. The summed E-state index contributed by atoms with van der Waals surface area (Å²) in [7, 11) is -3.80. The van der Waals surface area contributed by atoms with Gasteiger partial charge in [-0.3, -0.25) is 4.72 Å². The van der Waals surface area contributed by atoms with Crippen LogP contribution in [0.4, 0.5) is 10.1 Å². The zero-order valence-electron chi connectivity index (χ0n) is 13.3. The van der Waals surface area contributed by atoms with Gasteiger partial charge in [0.1, 0.15) is 11.6 Å². The van der Waals surface area contributed by atoms with Crippen LogP contribution in [0.25, 0.3) is 0 Å². The highest BCUT2D eigenvalue weighted by atomic mass is 32.2. The minimum atomic E-state index is -3.80. The normalized spacial score (nSPS) is 11.5. The third-order valence-electron chi connectivity index (χ3n) is 3.09. The number of anilines is 1. The minimum absolute atomic E-state index is 0.0891. The maximum Gasteiger partial charge on any atom is 0.262 e. The molecule has 23 heavy (non-hydrogen) atoms. The quantitative estimate of drug-likeness (QED) is 0.868. The number of sulfonamides is 1. The molecule has 6 heteroatoms. The molecule has 0 saturated carbocycles. The number of hydrogen-bond donors (Lipinski definition) is 1. The van der Waals surface area contributed by atoms with Crippen molar-refractivity contribution >= 4 is 15.7 Å². The lowest BCUT2D eigenvalue weighted by Crippen LogP contribution is -2.15. The molecule has 0 aliphatic carbocycles. The zero-order chi connectivity index (χ0) is 17.0. The number of halogens is 1. The van der Waals surface area contributed by atoms with E-state index in [2.05, 4.69) is 4.72 Å². The summed E-state index contributed by atoms with van der Waals surface area (Å²) < 4.78 is 46.3. The highest BCUT2D eigenvalue weighted by molar-refractivity contribution is 7.92. The summed E-state index contributed by atoms with van der Waals surface area (Å²) in [5.74, 6) is 0.0286. The van der Waals surface area contributed by atoms with Gasteiger partial charge in [0.05, 0.1) is 17.2 Å². The van der Waals surface area contributed by atoms with Crippen LogP contribution in [-0.4, -0.2) is 15.0 Å². The fourth-order valence-electron chi connectivity index (χ4n) is 1.89. The highest BCUT2D eigenvalue weighted by Crippen LogP contribution is 2.28. The zero-order valence-corrected chi connectivity index (χ0v) is 14.2. The van der Waals surface area contributed by atoms with Gasteiger partial charge in [-0.15, -0.1) is 0 Å². The van der Waals surface area contributed by atoms with Gasteiger partial charge in [0.15, 0.2) is 0 Å². The van der Waals surface area contributed by atoms with Crippen LogP contribution in [0.5, 0.6) is 5.75 Å². The highest BCUT2D eigenvalue weighted by Gasteiger charge is 2.17. The first-order valence-electron chi connectivity index (χ1n) is 7.30. The molecule has 0 atom stereocenters. The van der Waals surface area contributed by atoms with Crippen LogP contribution in [0.1, 0.15) is 19.4 Å². The molecule has 0 aliphatic heterocycles. The maximum atomic E-state index is 13.5.